The predicted octanol–water partition coefficient (Wildman–Crippen LogP) is 3.71. The highest BCUT2D eigenvalue weighted by Gasteiger charge is 2.15. The molecule has 0 bridgehead atoms. The third-order valence-electron chi connectivity index (χ3n) is 2.85. The van der Waals surface area contributed by atoms with E-state index in [0.29, 0.717) is 11.7 Å². The van der Waals surface area contributed by atoms with Crippen LogP contribution in [0.1, 0.15) is 56.2 Å². The number of hydrogen-bond donors (Lipinski definition) is 1. The highest BCUT2D eigenvalue weighted by molar-refractivity contribution is 5.49. The van der Waals surface area contributed by atoms with Gasteiger partial charge in [0.25, 0.3) is 0 Å². The monoisotopic (exact) mass is 217 g/mol. The molecule has 2 nitrogen and oxygen atoms in total. The molecule has 0 amide bonds. The first-order chi connectivity index (χ1) is 7.49. The standard InChI is InChI=1S/C14H19NO/c1-9(2)11-5-6-12(10(3)4)14(16)13(11)7-8-15/h5-6,9-10,16H,7H2,1-4H3. The Morgan fingerprint density at radius 3 is 2.06 bits per heavy atom. The Kier molecular flexibility index (Phi) is 3.95. The molecule has 16 heavy (non-hydrogen) atoms. The molecule has 0 unspecified atom stereocenters. The second-order valence-corrected chi connectivity index (χ2v) is 4.72. The van der Waals surface area contributed by atoms with E-state index in [2.05, 4.69) is 19.9 Å². The summed E-state index contributed by atoms with van der Waals surface area (Å²) in [4.78, 5) is 0. The highest BCUT2D eigenvalue weighted by atomic mass is 16.3. The number of aromatic hydroxyl groups is 1. The van der Waals surface area contributed by atoms with Crippen molar-refractivity contribution in [2.75, 3.05) is 0 Å². The van der Waals surface area contributed by atoms with Gasteiger partial charge in [-0.1, -0.05) is 39.8 Å². The zero-order chi connectivity index (χ0) is 12.3. The Labute approximate surface area is 97.5 Å². The average Bonchev–Trinajstić information content (AvgIpc) is 2.20. The summed E-state index contributed by atoms with van der Waals surface area (Å²) in [6.45, 7) is 8.23. The molecule has 86 valence electrons. The van der Waals surface area contributed by atoms with Gasteiger partial charge in [0.05, 0.1) is 12.5 Å². The number of rotatable bonds is 3. The summed E-state index contributed by atoms with van der Waals surface area (Å²) < 4.78 is 0. The van der Waals surface area contributed by atoms with E-state index in [1.54, 1.807) is 0 Å². The van der Waals surface area contributed by atoms with Gasteiger partial charge in [-0.05, 0) is 23.0 Å². The molecular weight excluding hydrogens is 198 g/mol. The van der Waals surface area contributed by atoms with Crippen LogP contribution in [0.2, 0.25) is 0 Å². The molecule has 0 atom stereocenters. The van der Waals surface area contributed by atoms with Crippen molar-refractivity contribution in [3.8, 4) is 11.8 Å². The van der Waals surface area contributed by atoms with E-state index in [1.807, 2.05) is 26.0 Å². The van der Waals surface area contributed by atoms with Gasteiger partial charge in [-0.15, -0.1) is 0 Å². The number of nitrogens with zero attached hydrogens (tertiary/aromatic N) is 1. The summed E-state index contributed by atoms with van der Waals surface area (Å²) in [6, 6.07) is 6.13. The van der Waals surface area contributed by atoms with Crippen LogP contribution >= 0.6 is 0 Å². The van der Waals surface area contributed by atoms with Crippen LogP contribution in [0.3, 0.4) is 0 Å². The van der Waals surface area contributed by atoms with Gasteiger partial charge in [0.1, 0.15) is 5.75 Å². The van der Waals surface area contributed by atoms with Gasteiger partial charge in [-0.2, -0.15) is 5.26 Å². The average molecular weight is 217 g/mol. The summed E-state index contributed by atoms with van der Waals surface area (Å²) in [5.41, 5.74) is 2.79. The predicted molar refractivity (Wildman–Crippen MR) is 65.6 cm³/mol. The maximum atomic E-state index is 10.2. The first kappa shape index (κ1) is 12.6. The summed E-state index contributed by atoms with van der Waals surface area (Å²) in [5, 5.41) is 19.0. The Balaban J connectivity index is 3.36. The molecule has 1 N–H and O–H groups in total. The summed E-state index contributed by atoms with van der Waals surface area (Å²) in [7, 11) is 0. The Hall–Kier alpha value is -1.49. The van der Waals surface area contributed by atoms with Crippen molar-refractivity contribution in [1.29, 1.82) is 5.26 Å². The molecule has 1 aromatic carbocycles. The molecule has 0 aliphatic rings. The van der Waals surface area contributed by atoms with Crippen molar-refractivity contribution in [2.24, 2.45) is 0 Å². The van der Waals surface area contributed by atoms with E-state index in [9.17, 15) is 5.11 Å². The lowest BCUT2D eigenvalue weighted by atomic mass is 9.89. The van der Waals surface area contributed by atoms with E-state index < -0.39 is 0 Å². The van der Waals surface area contributed by atoms with Gasteiger partial charge in [-0.25, -0.2) is 0 Å². The molecule has 0 spiro atoms. The minimum atomic E-state index is 0.277. The minimum Gasteiger partial charge on any atom is -0.507 e. The van der Waals surface area contributed by atoms with Crippen LogP contribution < -0.4 is 0 Å². The lowest BCUT2D eigenvalue weighted by molar-refractivity contribution is 0.457. The number of hydrogen-bond acceptors (Lipinski definition) is 2. The van der Waals surface area contributed by atoms with Crippen LogP contribution in [0, 0.1) is 11.3 Å². The van der Waals surface area contributed by atoms with Gasteiger partial charge in [0.2, 0.25) is 0 Å². The second kappa shape index (κ2) is 5.03. The summed E-state index contributed by atoms with van der Waals surface area (Å²) >= 11 is 0. The number of benzene rings is 1. The summed E-state index contributed by atoms with van der Waals surface area (Å²) in [6.07, 6.45) is 0.278. The second-order valence-electron chi connectivity index (χ2n) is 4.72. The quantitative estimate of drug-likeness (QED) is 0.838. The molecule has 0 aliphatic carbocycles. The van der Waals surface area contributed by atoms with Crippen molar-refractivity contribution >= 4 is 0 Å². The maximum Gasteiger partial charge on any atom is 0.123 e. The van der Waals surface area contributed by atoms with Crippen molar-refractivity contribution in [1.82, 2.24) is 0 Å². The van der Waals surface area contributed by atoms with Crippen LogP contribution in [0.25, 0.3) is 0 Å². The third-order valence-corrected chi connectivity index (χ3v) is 2.85. The van der Waals surface area contributed by atoms with E-state index in [0.717, 1.165) is 16.7 Å². The van der Waals surface area contributed by atoms with Crippen molar-refractivity contribution in [3.05, 3.63) is 28.8 Å². The molecule has 0 saturated carbocycles. The third kappa shape index (κ3) is 2.36. The van der Waals surface area contributed by atoms with Crippen molar-refractivity contribution in [2.45, 2.75) is 46.0 Å². The maximum absolute atomic E-state index is 10.2. The lowest BCUT2D eigenvalue weighted by Crippen LogP contribution is -2.00. The molecule has 0 saturated heterocycles. The van der Waals surface area contributed by atoms with Crippen LogP contribution in [-0.4, -0.2) is 5.11 Å². The molecule has 2 heteroatoms. The Bertz CT molecular complexity index is 413. The SMILES string of the molecule is CC(C)c1ccc(C(C)C)c(CC#N)c1O. The number of phenols is 1. The van der Waals surface area contributed by atoms with E-state index in [-0.39, 0.29) is 12.3 Å². The topological polar surface area (TPSA) is 44.0 Å². The molecule has 1 aromatic rings. The Morgan fingerprint density at radius 2 is 1.62 bits per heavy atom. The molecule has 0 aliphatic heterocycles. The van der Waals surface area contributed by atoms with Gasteiger partial charge in [0, 0.05) is 5.56 Å². The van der Waals surface area contributed by atoms with Gasteiger partial charge >= 0.3 is 0 Å². The lowest BCUT2D eigenvalue weighted by Gasteiger charge is -2.17. The van der Waals surface area contributed by atoms with E-state index >= 15 is 0 Å². The van der Waals surface area contributed by atoms with Crippen LogP contribution in [0.15, 0.2) is 12.1 Å². The van der Waals surface area contributed by atoms with Crippen LogP contribution in [-0.2, 0) is 6.42 Å². The Morgan fingerprint density at radius 1 is 1.12 bits per heavy atom. The minimum absolute atomic E-state index is 0.277. The molecule has 0 heterocycles. The zero-order valence-electron chi connectivity index (χ0n) is 10.4. The number of nitriles is 1. The number of phenolic OH excluding ortho intramolecular Hbond substituents is 1. The largest absolute Gasteiger partial charge is 0.507 e. The van der Waals surface area contributed by atoms with Gasteiger partial charge < -0.3 is 5.11 Å². The van der Waals surface area contributed by atoms with Gasteiger partial charge in [0.15, 0.2) is 0 Å². The molecular formula is C14H19NO. The molecule has 0 fully saturated rings. The fraction of sp³-hybridized carbons (Fsp3) is 0.500. The first-order valence-corrected chi connectivity index (χ1v) is 5.70. The van der Waals surface area contributed by atoms with Crippen LogP contribution in [0.4, 0.5) is 0 Å². The van der Waals surface area contributed by atoms with E-state index in [4.69, 9.17) is 5.26 Å². The smallest absolute Gasteiger partial charge is 0.123 e. The fourth-order valence-electron chi connectivity index (χ4n) is 1.94. The van der Waals surface area contributed by atoms with Crippen molar-refractivity contribution < 1.29 is 5.11 Å². The van der Waals surface area contributed by atoms with Crippen molar-refractivity contribution in [3.63, 3.8) is 0 Å². The normalized spacial score (nSPS) is 10.8. The molecule has 0 radical (unpaired) electrons. The molecule has 1 rings (SSSR count). The zero-order valence-corrected chi connectivity index (χ0v) is 10.4. The first-order valence-electron chi connectivity index (χ1n) is 5.70. The fourth-order valence-corrected chi connectivity index (χ4v) is 1.94. The summed E-state index contributed by atoms with van der Waals surface area (Å²) in [5.74, 6) is 0.914. The van der Waals surface area contributed by atoms with E-state index in [1.165, 1.54) is 0 Å². The molecule has 0 aromatic heterocycles. The van der Waals surface area contributed by atoms with Gasteiger partial charge in [-0.3, -0.25) is 0 Å². The van der Waals surface area contributed by atoms with Crippen LogP contribution in [0.5, 0.6) is 5.75 Å². The highest BCUT2D eigenvalue weighted by Crippen LogP contribution is 2.34.